The molecule has 1 aliphatic heterocycles. The van der Waals surface area contributed by atoms with E-state index in [0.717, 1.165) is 29.1 Å². The minimum atomic E-state index is -0.799. The quantitative estimate of drug-likeness (QED) is 0.134. The molecule has 0 bridgehead atoms. The van der Waals surface area contributed by atoms with Gasteiger partial charge in [-0.05, 0) is 23.8 Å². The number of halogens is 18. The molecule has 6 nitrogen and oxygen atoms in total. The van der Waals surface area contributed by atoms with Crippen molar-refractivity contribution in [2.75, 3.05) is 10.6 Å². The third-order valence-electron chi connectivity index (χ3n) is 4.53. The van der Waals surface area contributed by atoms with Gasteiger partial charge in [-0.1, -0.05) is 54.6 Å². The number of benzene rings is 3. The summed E-state index contributed by atoms with van der Waals surface area (Å²) in [6.07, 6.45) is 0.695. The third kappa shape index (κ3) is 23.0. The molecule has 0 radical (unpaired) electrons. The van der Waals surface area contributed by atoms with E-state index < -0.39 is 16.4 Å². The normalized spacial score (nSPS) is 14.9. The summed E-state index contributed by atoms with van der Waals surface area (Å²) in [7, 11) is -1.74. The number of anilines is 2. The molecule has 0 aromatic heterocycles. The van der Waals surface area contributed by atoms with Gasteiger partial charge < -0.3 is 10.6 Å². The Bertz CT molecular complexity index is 1310. The van der Waals surface area contributed by atoms with E-state index in [1.165, 1.54) is 12.1 Å². The number of hydrogen-bond acceptors (Lipinski definition) is 4. The van der Waals surface area contributed by atoms with Gasteiger partial charge in [0.1, 0.15) is 6.04 Å². The molecule has 0 saturated carbocycles. The first kappa shape index (κ1) is 51.7. The minimum absolute atomic E-state index is 0.0255. The Morgan fingerprint density at radius 3 is 1.67 bits per heavy atom. The molecular formula is C21H18FI17N3O3-. The van der Waals surface area contributed by atoms with Crippen LogP contribution in [-0.2, 0) is 11.2 Å². The Kier molecular flexibility index (Phi) is 35.3. The molecule has 2 N–H and O–H groups in total. The van der Waals surface area contributed by atoms with E-state index in [9.17, 15) is 19.3 Å². The van der Waals surface area contributed by atoms with Crippen molar-refractivity contribution in [1.82, 2.24) is 0 Å². The van der Waals surface area contributed by atoms with Crippen LogP contribution in [0.1, 0.15) is 5.56 Å². The van der Waals surface area contributed by atoms with Crippen molar-refractivity contribution in [2.24, 2.45) is 0 Å². The van der Waals surface area contributed by atoms with Crippen molar-refractivity contribution in [3.63, 3.8) is 0 Å². The summed E-state index contributed by atoms with van der Waals surface area (Å²) < 4.78 is 12.4. The number of amides is 1. The average molecular weight is 2540 g/mol. The monoisotopic (exact) mass is 2540 g/mol. The molecule has 0 fully saturated rings. The standard InChI is InChI=1S/C15H14N2O.C6H4FNO2.I9.I8/c18-15-14(10-11-6-2-1-3-7-11)16-12-8-4-5-9-13(12)17-15;7-5-3-1-2-4-6(5)8(9)10;1-6-8(4)9(5)7(2)3;1-6(2)8(5)7(3)4/h1-9,14,16H,10H2,(H,17,18);1-4H;;/q;;-1;/t14-;;;/m0.../s1. The van der Waals surface area contributed by atoms with Crippen LogP contribution in [0.2, 0.25) is 0 Å². The summed E-state index contributed by atoms with van der Waals surface area (Å²) in [6.45, 7) is 0. The zero-order chi connectivity index (χ0) is 34.1. The second-order valence-electron chi connectivity index (χ2n) is 7.16. The Morgan fingerprint density at radius 2 is 1.24 bits per heavy atom. The van der Waals surface area contributed by atoms with Gasteiger partial charge in [-0.15, -0.1) is 0 Å². The van der Waals surface area contributed by atoms with Crippen molar-refractivity contribution in [3.8, 4) is 0 Å². The fourth-order valence-electron chi connectivity index (χ4n) is 2.86. The van der Waals surface area contributed by atoms with Crippen molar-refractivity contribution >= 4 is 256 Å². The number of hydrogen-bond donors (Lipinski definition) is 2. The zero-order valence-electron chi connectivity index (χ0n) is 21.3. The van der Waals surface area contributed by atoms with Crippen molar-refractivity contribution in [2.45, 2.75) is 12.5 Å². The van der Waals surface area contributed by atoms with Crippen LogP contribution in [0.4, 0.5) is 21.5 Å². The molecule has 1 atom stereocenters. The molecule has 1 amide bonds. The van der Waals surface area contributed by atoms with E-state index in [4.69, 9.17) is 0 Å². The first-order valence-corrected chi connectivity index (χ1v) is 105. The van der Waals surface area contributed by atoms with Gasteiger partial charge in [0.25, 0.3) is 0 Å². The van der Waals surface area contributed by atoms with Crippen LogP contribution in [0.15, 0.2) is 78.9 Å². The topological polar surface area (TPSA) is 84.3 Å². The van der Waals surface area contributed by atoms with Gasteiger partial charge in [-0.3, -0.25) is 14.9 Å². The molecule has 0 aliphatic carbocycles. The Morgan fingerprint density at radius 1 is 0.756 bits per heavy atom. The maximum atomic E-state index is 12.4. The molecular weight excluding hydrogens is 2520 g/mol. The molecule has 0 unspecified atom stereocenters. The minimum Gasteiger partial charge on any atom is -0.372 e. The van der Waals surface area contributed by atoms with E-state index in [2.05, 4.69) is 197 Å². The maximum absolute atomic E-state index is 12.4. The van der Waals surface area contributed by atoms with Gasteiger partial charge in [0.15, 0.2) is 0 Å². The number of nitro groups is 1. The first-order chi connectivity index (χ1) is 21.2. The fraction of sp³-hybridized carbons (Fsp3) is 0.0952. The number of carbonyl (C=O) groups is 1. The predicted octanol–water partition coefficient (Wildman–Crippen LogP) is 15.6. The van der Waals surface area contributed by atoms with Crippen LogP contribution in [0, 0.1) is 15.9 Å². The molecule has 24 heteroatoms. The van der Waals surface area contributed by atoms with Crippen molar-refractivity contribution in [3.05, 3.63) is 100 Å². The smallest absolute Gasteiger partial charge is 0.304 e. The zero-order valence-corrected chi connectivity index (χ0v) is 57.9. The molecule has 1 heterocycles. The number of para-hydroxylation sites is 3. The third-order valence-corrected chi connectivity index (χ3v) is 748. The van der Waals surface area contributed by atoms with E-state index in [1.807, 2.05) is 54.6 Å². The van der Waals surface area contributed by atoms with Crippen LogP contribution < -0.4 is 23.9 Å². The number of fused-ring (bicyclic) bond motifs is 1. The first-order valence-electron chi connectivity index (χ1n) is 10.8. The van der Waals surface area contributed by atoms with E-state index >= 15 is 0 Å². The summed E-state index contributed by atoms with van der Waals surface area (Å²) in [6, 6.07) is 22.6. The average Bonchev–Trinajstić information content (AvgIpc) is 3.01. The Hall–Kier alpha value is 8.67. The molecule has 3 aromatic carbocycles. The number of carbonyl (C=O) groups excluding carboxylic acids is 1. The van der Waals surface area contributed by atoms with Crippen molar-refractivity contribution in [1.29, 1.82) is 0 Å². The molecule has 262 valence electrons. The number of nitrogens with one attached hydrogen (secondary N) is 2. The van der Waals surface area contributed by atoms with Gasteiger partial charge in [-0.25, -0.2) is 0 Å². The van der Waals surface area contributed by atoms with Crippen molar-refractivity contribution < 1.29 is 27.4 Å². The van der Waals surface area contributed by atoms with Crippen LogP contribution >= 0.6 is 234 Å². The van der Waals surface area contributed by atoms with Gasteiger partial charge in [-0.2, -0.15) is 4.39 Å². The van der Waals surface area contributed by atoms with E-state index in [0.29, 0.717) is 19.7 Å². The Labute approximate surface area is 393 Å². The summed E-state index contributed by atoms with van der Waals surface area (Å²) in [5.74, 6) is -0.773. The summed E-state index contributed by atoms with van der Waals surface area (Å²) in [5.41, 5.74) is 2.51. The Balaban J connectivity index is 0.000000324. The fourth-order valence-corrected chi connectivity index (χ4v) is 1050. The van der Waals surface area contributed by atoms with Gasteiger partial charge in [0.2, 0.25) is 11.7 Å². The molecule has 0 spiro atoms. The summed E-state index contributed by atoms with van der Waals surface area (Å²) in [4.78, 5) is 21.2. The van der Waals surface area contributed by atoms with Crippen LogP contribution in [0.25, 0.3) is 0 Å². The second kappa shape index (κ2) is 30.7. The van der Waals surface area contributed by atoms with Crippen LogP contribution in [0.5, 0.6) is 0 Å². The largest absolute Gasteiger partial charge is 0.372 e. The van der Waals surface area contributed by atoms with Gasteiger partial charge in [0, 0.05) is 12.5 Å². The molecule has 4 rings (SSSR count). The van der Waals surface area contributed by atoms with Crippen LogP contribution in [-0.4, -0.2) is 16.9 Å². The predicted molar refractivity (Wildman–Crippen MR) is 330 cm³/mol. The number of rotatable bonds is 8. The van der Waals surface area contributed by atoms with Gasteiger partial charge in [0.05, 0.1) is 16.3 Å². The molecule has 3 aromatic rings. The van der Waals surface area contributed by atoms with E-state index in [-0.39, 0.29) is 59.3 Å². The van der Waals surface area contributed by atoms with E-state index in [1.54, 1.807) is 0 Å². The second-order valence-corrected chi connectivity index (χ2v) is 316. The maximum Gasteiger partial charge on any atom is 0.304 e. The molecule has 0 saturated heterocycles. The van der Waals surface area contributed by atoms with Gasteiger partial charge >= 0.3 is 252 Å². The molecule has 1 aliphatic rings. The summed E-state index contributed by atoms with van der Waals surface area (Å²) in [5, 5.41) is 16.2. The van der Waals surface area contributed by atoms with Crippen LogP contribution in [0.3, 0.4) is 0 Å². The number of nitro benzene ring substituents is 1. The molecule has 45 heavy (non-hydrogen) atoms. The SMILES string of the molecule is II(I)I(I)I(I)I.I[I-]I(I)I(I)I(I)I.O=C1Nc2ccccc2N[C@H]1Cc1ccccc1.O=[N+]([O-])c1ccccc1F. The number of nitrogens with zero attached hydrogens (tertiary/aromatic N) is 1. The summed E-state index contributed by atoms with van der Waals surface area (Å²) >= 11 is 28.2.